The molecule has 0 saturated heterocycles. The molecule has 0 amide bonds. The standard InChI is InChI=1S/C9H17NOSi/c1-6-9(10-2)7-8-11-12(3,4)5/h6,9H,1,7-8H2,3-5H3. The van der Waals surface area contributed by atoms with Crippen molar-refractivity contribution in [2.75, 3.05) is 6.61 Å². The number of nitrogens with zero attached hydrogens (tertiary/aromatic N) is 1. The van der Waals surface area contributed by atoms with Gasteiger partial charge in [0.2, 0.25) is 6.04 Å². The highest BCUT2D eigenvalue weighted by atomic mass is 28.4. The molecule has 1 atom stereocenters. The summed E-state index contributed by atoms with van der Waals surface area (Å²) in [6.07, 6.45) is 2.46. The SMILES string of the molecule is [C-]#[N+]C(C=C)CCO[Si](C)(C)C. The lowest BCUT2D eigenvalue weighted by molar-refractivity contribution is 0.303. The van der Waals surface area contributed by atoms with Crippen molar-refractivity contribution in [3.63, 3.8) is 0 Å². The molecule has 0 aromatic heterocycles. The smallest absolute Gasteiger partial charge is 0.243 e. The van der Waals surface area contributed by atoms with Crippen molar-refractivity contribution in [1.82, 2.24) is 0 Å². The molecule has 0 aliphatic heterocycles. The van der Waals surface area contributed by atoms with Gasteiger partial charge in [-0.25, -0.2) is 6.57 Å². The largest absolute Gasteiger partial charge is 0.417 e. The quantitative estimate of drug-likeness (QED) is 0.363. The number of hydrogen-bond acceptors (Lipinski definition) is 1. The summed E-state index contributed by atoms with van der Waals surface area (Å²) in [6.45, 7) is 17.5. The fourth-order valence-electron chi connectivity index (χ4n) is 0.721. The summed E-state index contributed by atoms with van der Waals surface area (Å²) in [5.74, 6) is 0. The van der Waals surface area contributed by atoms with Crippen LogP contribution in [0.4, 0.5) is 0 Å². The van der Waals surface area contributed by atoms with Gasteiger partial charge in [0.15, 0.2) is 8.32 Å². The van der Waals surface area contributed by atoms with Gasteiger partial charge in [-0.15, -0.1) is 0 Å². The average Bonchev–Trinajstić information content (AvgIpc) is 1.96. The first-order valence-electron chi connectivity index (χ1n) is 4.12. The van der Waals surface area contributed by atoms with Gasteiger partial charge in [0.05, 0.1) is 0 Å². The Kier molecular flexibility index (Phi) is 4.87. The Hall–Kier alpha value is -0.593. The maximum absolute atomic E-state index is 6.80. The van der Waals surface area contributed by atoms with Crippen LogP contribution in [0.15, 0.2) is 12.7 Å². The molecule has 0 fully saturated rings. The van der Waals surface area contributed by atoms with Crippen molar-refractivity contribution in [2.24, 2.45) is 0 Å². The first-order valence-corrected chi connectivity index (χ1v) is 7.53. The van der Waals surface area contributed by atoms with Crippen LogP contribution < -0.4 is 0 Å². The van der Waals surface area contributed by atoms with Crippen molar-refractivity contribution >= 4 is 8.32 Å². The van der Waals surface area contributed by atoms with Crippen LogP contribution in [0.3, 0.4) is 0 Å². The zero-order valence-corrected chi connectivity index (χ0v) is 9.13. The van der Waals surface area contributed by atoms with Gasteiger partial charge < -0.3 is 9.27 Å². The molecule has 0 saturated carbocycles. The van der Waals surface area contributed by atoms with E-state index in [1.165, 1.54) is 0 Å². The third-order valence-electron chi connectivity index (χ3n) is 1.39. The van der Waals surface area contributed by atoms with Gasteiger partial charge in [-0.3, -0.25) is 0 Å². The van der Waals surface area contributed by atoms with Crippen LogP contribution in [-0.2, 0) is 4.43 Å². The highest BCUT2D eigenvalue weighted by molar-refractivity contribution is 6.69. The van der Waals surface area contributed by atoms with Crippen LogP contribution in [-0.4, -0.2) is 21.0 Å². The molecule has 12 heavy (non-hydrogen) atoms. The minimum absolute atomic E-state index is 0.0682. The molecule has 68 valence electrons. The molecule has 3 heteroatoms. The summed E-state index contributed by atoms with van der Waals surface area (Å²) in [5.41, 5.74) is 0. The molecule has 2 nitrogen and oxygen atoms in total. The fourth-order valence-corrected chi connectivity index (χ4v) is 1.45. The van der Waals surface area contributed by atoms with Crippen LogP contribution in [0, 0.1) is 6.57 Å². The maximum Gasteiger partial charge on any atom is 0.243 e. The third-order valence-corrected chi connectivity index (χ3v) is 2.46. The summed E-state index contributed by atoms with van der Waals surface area (Å²) in [7, 11) is -1.39. The van der Waals surface area contributed by atoms with E-state index in [0.717, 1.165) is 6.42 Å². The Balaban J connectivity index is 3.57. The van der Waals surface area contributed by atoms with E-state index in [4.69, 9.17) is 11.0 Å². The van der Waals surface area contributed by atoms with E-state index < -0.39 is 8.32 Å². The zero-order chi connectivity index (χ0) is 9.61. The summed E-state index contributed by atoms with van der Waals surface area (Å²) in [5, 5.41) is 0. The molecule has 0 heterocycles. The number of rotatable bonds is 5. The second-order valence-electron chi connectivity index (χ2n) is 3.68. The van der Waals surface area contributed by atoms with Crippen molar-refractivity contribution in [3.8, 4) is 0 Å². The van der Waals surface area contributed by atoms with Crippen LogP contribution in [0.5, 0.6) is 0 Å². The normalized spacial score (nSPS) is 13.5. The lowest BCUT2D eigenvalue weighted by atomic mass is 10.2. The van der Waals surface area contributed by atoms with Gasteiger partial charge >= 0.3 is 0 Å². The van der Waals surface area contributed by atoms with Gasteiger partial charge in [0.1, 0.15) is 0 Å². The van der Waals surface area contributed by atoms with Gasteiger partial charge in [0, 0.05) is 13.0 Å². The van der Waals surface area contributed by atoms with Crippen LogP contribution in [0.1, 0.15) is 6.42 Å². The van der Waals surface area contributed by atoms with E-state index in [-0.39, 0.29) is 6.04 Å². The molecule has 0 aliphatic rings. The van der Waals surface area contributed by atoms with Crippen LogP contribution in [0.2, 0.25) is 19.6 Å². The Morgan fingerprint density at radius 2 is 2.17 bits per heavy atom. The van der Waals surface area contributed by atoms with E-state index in [9.17, 15) is 0 Å². The van der Waals surface area contributed by atoms with E-state index in [1.54, 1.807) is 6.08 Å². The fraction of sp³-hybridized carbons (Fsp3) is 0.667. The molecular formula is C9H17NOSi. The van der Waals surface area contributed by atoms with Gasteiger partial charge in [-0.2, -0.15) is 0 Å². The Morgan fingerprint density at radius 1 is 1.58 bits per heavy atom. The second-order valence-corrected chi connectivity index (χ2v) is 8.20. The third kappa shape index (κ3) is 6.14. The Bertz CT molecular complexity index is 178. The molecule has 0 aromatic carbocycles. The topological polar surface area (TPSA) is 13.6 Å². The van der Waals surface area contributed by atoms with Gasteiger partial charge in [-0.05, 0) is 25.7 Å². The van der Waals surface area contributed by atoms with Crippen molar-refractivity contribution in [3.05, 3.63) is 24.1 Å². The zero-order valence-electron chi connectivity index (χ0n) is 8.13. The molecule has 0 N–H and O–H groups in total. The monoisotopic (exact) mass is 183 g/mol. The first-order chi connectivity index (χ1) is 5.49. The van der Waals surface area contributed by atoms with Crippen molar-refractivity contribution < 1.29 is 4.43 Å². The second kappa shape index (κ2) is 5.12. The van der Waals surface area contributed by atoms with Crippen LogP contribution >= 0.6 is 0 Å². The molecule has 1 unspecified atom stereocenters. The van der Waals surface area contributed by atoms with Crippen molar-refractivity contribution in [2.45, 2.75) is 32.1 Å². The van der Waals surface area contributed by atoms with E-state index in [2.05, 4.69) is 31.1 Å². The number of hydrogen-bond donors (Lipinski definition) is 0. The predicted molar refractivity (Wildman–Crippen MR) is 54.5 cm³/mol. The summed E-state index contributed by atoms with van der Waals surface area (Å²) >= 11 is 0. The molecule has 0 aromatic rings. The maximum atomic E-state index is 6.80. The average molecular weight is 183 g/mol. The minimum atomic E-state index is -1.39. The van der Waals surface area contributed by atoms with E-state index in [0.29, 0.717) is 6.61 Å². The lowest BCUT2D eigenvalue weighted by Gasteiger charge is -2.16. The molecular weight excluding hydrogens is 166 g/mol. The minimum Gasteiger partial charge on any atom is -0.417 e. The van der Waals surface area contributed by atoms with Gasteiger partial charge in [0.25, 0.3) is 0 Å². The summed E-state index contributed by atoms with van der Waals surface area (Å²) in [6, 6.07) is -0.0682. The van der Waals surface area contributed by atoms with Crippen molar-refractivity contribution in [1.29, 1.82) is 0 Å². The molecule has 0 spiro atoms. The first kappa shape index (κ1) is 11.4. The molecule has 0 rings (SSSR count). The predicted octanol–water partition coefficient (Wildman–Crippen LogP) is 2.70. The summed E-state index contributed by atoms with van der Waals surface area (Å²) in [4.78, 5) is 3.39. The highest BCUT2D eigenvalue weighted by Crippen LogP contribution is 2.06. The lowest BCUT2D eigenvalue weighted by Crippen LogP contribution is -2.26. The Morgan fingerprint density at radius 3 is 2.50 bits per heavy atom. The molecule has 0 radical (unpaired) electrons. The van der Waals surface area contributed by atoms with Gasteiger partial charge in [-0.1, -0.05) is 6.58 Å². The summed E-state index contributed by atoms with van der Waals surface area (Å²) < 4.78 is 5.61. The Labute approximate surface area is 76.2 Å². The molecule has 0 aliphatic carbocycles. The molecule has 0 bridgehead atoms. The van der Waals surface area contributed by atoms with Crippen LogP contribution in [0.25, 0.3) is 4.85 Å². The highest BCUT2D eigenvalue weighted by Gasteiger charge is 2.15. The van der Waals surface area contributed by atoms with E-state index >= 15 is 0 Å². The van der Waals surface area contributed by atoms with E-state index in [1.807, 2.05) is 0 Å².